The van der Waals surface area contributed by atoms with E-state index in [9.17, 15) is 0 Å². The van der Waals surface area contributed by atoms with Crippen LogP contribution < -0.4 is 4.74 Å². The van der Waals surface area contributed by atoms with E-state index in [0.717, 1.165) is 52.7 Å². The Morgan fingerprint density at radius 3 is 2.00 bits per heavy atom. The summed E-state index contributed by atoms with van der Waals surface area (Å²) in [5, 5.41) is 0. The molecule has 1 aromatic heterocycles. The molecule has 0 saturated carbocycles. The Hall–Kier alpha value is -3.33. The molecule has 134 valence electrons. The number of benzene rings is 3. The molecular weight excluding hydrogens is 332 g/mol. The summed E-state index contributed by atoms with van der Waals surface area (Å²) in [5.74, 6) is 1.74. The molecule has 0 bridgehead atoms. The second kappa shape index (κ2) is 7.92. The number of aromatic nitrogens is 2. The van der Waals surface area contributed by atoms with Gasteiger partial charge in [0.15, 0.2) is 0 Å². The van der Waals surface area contributed by atoms with Crippen LogP contribution in [0.15, 0.2) is 84.9 Å². The molecule has 27 heavy (non-hydrogen) atoms. The first-order valence-corrected chi connectivity index (χ1v) is 9.29. The predicted octanol–water partition coefficient (Wildman–Crippen LogP) is 6.20. The molecule has 1 heterocycles. The minimum absolute atomic E-state index is 0.733. The fraction of sp³-hybridized carbons (Fsp3) is 0.125. The third kappa shape index (κ3) is 3.77. The Balaban J connectivity index is 1.75. The first-order chi connectivity index (χ1) is 13.3. The van der Waals surface area contributed by atoms with Crippen LogP contribution in [0.2, 0.25) is 0 Å². The van der Waals surface area contributed by atoms with Gasteiger partial charge in [-0.1, -0.05) is 67.6 Å². The van der Waals surface area contributed by atoms with Crippen molar-refractivity contribution in [3.8, 4) is 39.7 Å². The summed E-state index contributed by atoms with van der Waals surface area (Å²) in [6, 6.07) is 28.7. The maximum atomic E-state index is 5.68. The Kier molecular flexibility index (Phi) is 5.01. The number of rotatable bonds is 6. The Bertz CT molecular complexity index is 933. The summed E-state index contributed by atoms with van der Waals surface area (Å²) in [5.41, 5.74) is 5.25. The number of nitrogens with zero attached hydrogens (tertiary/aromatic N) is 1. The number of nitrogens with one attached hydrogen (secondary N) is 1. The van der Waals surface area contributed by atoms with E-state index in [-0.39, 0.29) is 0 Å². The van der Waals surface area contributed by atoms with Gasteiger partial charge in [0.1, 0.15) is 11.6 Å². The van der Waals surface area contributed by atoms with E-state index in [0.29, 0.717) is 0 Å². The van der Waals surface area contributed by atoms with Crippen molar-refractivity contribution in [2.24, 2.45) is 0 Å². The van der Waals surface area contributed by atoms with E-state index in [4.69, 9.17) is 9.72 Å². The molecule has 0 radical (unpaired) electrons. The van der Waals surface area contributed by atoms with Crippen LogP contribution in [-0.4, -0.2) is 16.6 Å². The van der Waals surface area contributed by atoms with Crippen LogP contribution in [0.4, 0.5) is 0 Å². The number of imidazole rings is 1. The fourth-order valence-corrected chi connectivity index (χ4v) is 3.06. The van der Waals surface area contributed by atoms with Crippen molar-refractivity contribution < 1.29 is 4.74 Å². The van der Waals surface area contributed by atoms with Crippen LogP contribution >= 0.6 is 0 Å². The molecule has 4 rings (SSSR count). The largest absolute Gasteiger partial charge is 0.494 e. The second-order valence-corrected chi connectivity index (χ2v) is 6.41. The van der Waals surface area contributed by atoms with Gasteiger partial charge in [0, 0.05) is 16.7 Å². The minimum atomic E-state index is 0.733. The van der Waals surface area contributed by atoms with Gasteiger partial charge in [-0.25, -0.2) is 4.98 Å². The standard InChI is InChI=1S/C24H22N2O/c1-2-17-27-21-15-13-20(14-16-21)24-25-22(18-9-5-3-6-10-18)23(26-24)19-11-7-4-8-12-19/h3-16H,2,17H2,1H3,(H,25,26). The molecule has 0 unspecified atom stereocenters. The molecule has 0 fully saturated rings. The lowest BCUT2D eigenvalue weighted by Crippen LogP contribution is -1.94. The summed E-state index contributed by atoms with van der Waals surface area (Å²) in [6.07, 6.45) is 1.00. The molecule has 0 spiro atoms. The van der Waals surface area contributed by atoms with Crippen LogP contribution in [0.3, 0.4) is 0 Å². The van der Waals surface area contributed by atoms with Gasteiger partial charge < -0.3 is 9.72 Å². The van der Waals surface area contributed by atoms with Crippen LogP contribution in [0, 0.1) is 0 Å². The molecule has 0 aliphatic heterocycles. The second-order valence-electron chi connectivity index (χ2n) is 6.41. The van der Waals surface area contributed by atoms with Crippen molar-refractivity contribution in [3.63, 3.8) is 0 Å². The number of H-pyrrole nitrogens is 1. The molecule has 0 saturated heterocycles. The Morgan fingerprint density at radius 2 is 1.37 bits per heavy atom. The SMILES string of the molecule is CCCOc1ccc(-c2nc(-c3ccccc3)c(-c3ccccc3)[nH]2)cc1. The molecule has 3 aromatic carbocycles. The fourth-order valence-electron chi connectivity index (χ4n) is 3.06. The van der Waals surface area contributed by atoms with E-state index >= 15 is 0 Å². The van der Waals surface area contributed by atoms with Crippen LogP contribution in [0.25, 0.3) is 33.9 Å². The van der Waals surface area contributed by atoms with E-state index in [1.54, 1.807) is 0 Å². The van der Waals surface area contributed by atoms with E-state index in [2.05, 4.69) is 36.2 Å². The average molecular weight is 354 g/mol. The highest BCUT2D eigenvalue weighted by atomic mass is 16.5. The summed E-state index contributed by atoms with van der Waals surface area (Å²) in [4.78, 5) is 8.45. The minimum Gasteiger partial charge on any atom is -0.494 e. The highest BCUT2D eigenvalue weighted by molar-refractivity contribution is 5.81. The Labute approximate surface area is 159 Å². The maximum absolute atomic E-state index is 5.68. The van der Waals surface area contributed by atoms with Gasteiger partial charge in [0.25, 0.3) is 0 Å². The van der Waals surface area contributed by atoms with Crippen LogP contribution in [-0.2, 0) is 0 Å². The molecule has 4 aromatic rings. The summed E-state index contributed by atoms with van der Waals surface area (Å²) in [7, 11) is 0. The van der Waals surface area contributed by atoms with Gasteiger partial charge in [0.2, 0.25) is 0 Å². The smallest absolute Gasteiger partial charge is 0.138 e. The number of hydrogen-bond donors (Lipinski definition) is 1. The zero-order valence-electron chi connectivity index (χ0n) is 15.4. The highest BCUT2D eigenvalue weighted by Crippen LogP contribution is 2.33. The molecule has 0 amide bonds. The molecular formula is C24H22N2O. The monoisotopic (exact) mass is 354 g/mol. The first kappa shape index (κ1) is 17.1. The van der Waals surface area contributed by atoms with Gasteiger partial charge in [-0.15, -0.1) is 0 Å². The number of aromatic amines is 1. The molecule has 0 atom stereocenters. The summed E-state index contributed by atoms with van der Waals surface area (Å²) < 4.78 is 5.68. The lowest BCUT2D eigenvalue weighted by molar-refractivity contribution is 0.317. The number of ether oxygens (including phenoxy) is 1. The van der Waals surface area contributed by atoms with Crippen molar-refractivity contribution in [2.45, 2.75) is 13.3 Å². The van der Waals surface area contributed by atoms with E-state index < -0.39 is 0 Å². The third-order valence-electron chi connectivity index (χ3n) is 4.41. The van der Waals surface area contributed by atoms with Crippen molar-refractivity contribution >= 4 is 0 Å². The molecule has 1 N–H and O–H groups in total. The zero-order valence-corrected chi connectivity index (χ0v) is 15.4. The lowest BCUT2D eigenvalue weighted by Gasteiger charge is -2.04. The van der Waals surface area contributed by atoms with Gasteiger partial charge in [-0.05, 0) is 30.7 Å². The zero-order chi connectivity index (χ0) is 18.5. The summed E-state index contributed by atoms with van der Waals surface area (Å²) >= 11 is 0. The molecule has 3 heteroatoms. The van der Waals surface area contributed by atoms with E-state index in [1.165, 1.54) is 0 Å². The van der Waals surface area contributed by atoms with Crippen molar-refractivity contribution in [2.75, 3.05) is 6.61 Å². The average Bonchev–Trinajstić information content (AvgIpc) is 3.19. The highest BCUT2D eigenvalue weighted by Gasteiger charge is 2.15. The summed E-state index contributed by atoms with van der Waals surface area (Å²) in [6.45, 7) is 2.84. The van der Waals surface area contributed by atoms with Crippen molar-refractivity contribution in [1.82, 2.24) is 9.97 Å². The number of hydrogen-bond acceptors (Lipinski definition) is 2. The third-order valence-corrected chi connectivity index (χ3v) is 4.41. The quantitative estimate of drug-likeness (QED) is 0.448. The van der Waals surface area contributed by atoms with Crippen LogP contribution in [0.1, 0.15) is 13.3 Å². The molecule has 0 aliphatic rings. The van der Waals surface area contributed by atoms with Gasteiger partial charge in [-0.3, -0.25) is 0 Å². The lowest BCUT2D eigenvalue weighted by atomic mass is 10.1. The van der Waals surface area contributed by atoms with Crippen molar-refractivity contribution in [3.05, 3.63) is 84.9 Å². The topological polar surface area (TPSA) is 37.9 Å². The predicted molar refractivity (Wildman–Crippen MR) is 111 cm³/mol. The van der Waals surface area contributed by atoms with E-state index in [1.807, 2.05) is 60.7 Å². The van der Waals surface area contributed by atoms with Gasteiger partial charge in [0.05, 0.1) is 18.0 Å². The molecule has 0 aliphatic carbocycles. The maximum Gasteiger partial charge on any atom is 0.138 e. The Morgan fingerprint density at radius 1 is 0.741 bits per heavy atom. The normalized spacial score (nSPS) is 10.7. The van der Waals surface area contributed by atoms with Gasteiger partial charge in [-0.2, -0.15) is 0 Å². The molecule has 3 nitrogen and oxygen atoms in total. The first-order valence-electron chi connectivity index (χ1n) is 9.29. The van der Waals surface area contributed by atoms with Gasteiger partial charge >= 0.3 is 0 Å². The van der Waals surface area contributed by atoms with Crippen LogP contribution in [0.5, 0.6) is 5.75 Å². The van der Waals surface area contributed by atoms with Crippen molar-refractivity contribution in [1.29, 1.82) is 0 Å².